The van der Waals surface area contributed by atoms with Gasteiger partial charge in [-0.3, -0.25) is 4.79 Å². The molecule has 1 N–H and O–H groups in total. The van der Waals surface area contributed by atoms with Crippen molar-refractivity contribution in [2.45, 2.75) is 27.7 Å². The lowest BCUT2D eigenvalue weighted by Crippen LogP contribution is -2.32. The van der Waals surface area contributed by atoms with Crippen LogP contribution in [0.5, 0.6) is 6.01 Å². The van der Waals surface area contributed by atoms with Gasteiger partial charge in [0.1, 0.15) is 0 Å². The van der Waals surface area contributed by atoms with Gasteiger partial charge in [-0.05, 0) is 57.5 Å². The van der Waals surface area contributed by atoms with E-state index in [1.807, 2.05) is 76.2 Å². The van der Waals surface area contributed by atoms with Crippen LogP contribution in [0.4, 0.5) is 5.69 Å². The molecule has 0 radical (unpaired) electrons. The lowest BCUT2D eigenvalue weighted by atomic mass is 9.95. The van der Waals surface area contributed by atoms with Crippen molar-refractivity contribution in [1.82, 2.24) is 14.8 Å². The van der Waals surface area contributed by atoms with Gasteiger partial charge in [-0.1, -0.05) is 24.3 Å². The number of aryl methyl sites for hydroxylation is 1. The highest BCUT2D eigenvalue weighted by Gasteiger charge is 2.26. The summed E-state index contributed by atoms with van der Waals surface area (Å²) in [5.41, 5.74) is 2.94. The fourth-order valence-corrected chi connectivity index (χ4v) is 2.83. The number of hydrogen-bond donors (Lipinski definition) is 1. The lowest BCUT2D eigenvalue weighted by Gasteiger charge is -2.20. The van der Waals surface area contributed by atoms with Gasteiger partial charge in [0, 0.05) is 17.1 Å². The van der Waals surface area contributed by atoms with Crippen molar-refractivity contribution in [1.29, 1.82) is 0 Å². The van der Waals surface area contributed by atoms with Crippen molar-refractivity contribution >= 4 is 23.2 Å². The average Bonchev–Trinajstić information content (AvgIpc) is 3.12. The summed E-state index contributed by atoms with van der Waals surface area (Å²) >= 11 is 5.88. The Morgan fingerprint density at radius 1 is 1.17 bits per heavy atom. The maximum absolute atomic E-state index is 12.3. The van der Waals surface area contributed by atoms with Crippen molar-refractivity contribution in [3.05, 3.63) is 54.1 Å². The summed E-state index contributed by atoms with van der Waals surface area (Å²) in [5, 5.41) is 7.41. The van der Waals surface area contributed by atoms with E-state index in [0.717, 1.165) is 16.8 Å². The topological polar surface area (TPSA) is 69.0 Å². The van der Waals surface area contributed by atoms with Gasteiger partial charge in [-0.25, -0.2) is 4.68 Å². The molecule has 29 heavy (non-hydrogen) atoms. The number of nitrogens with one attached hydrogen (secondary N) is 1. The number of aromatic nitrogens is 3. The van der Waals surface area contributed by atoms with Gasteiger partial charge in [-0.15, -0.1) is 16.7 Å². The molecule has 7 heteroatoms. The van der Waals surface area contributed by atoms with Crippen LogP contribution >= 0.6 is 11.6 Å². The molecule has 1 heterocycles. The normalized spacial score (nSPS) is 11.3. The Balaban J connectivity index is 1.94. The second-order valence-electron chi connectivity index (χ2n) is 7.40. The molecule has 0 atom stereocenters. The molecular weight excluding hydrogens is 388 g/mol. The smallest absolute Gasteiger partial charge is 0.336 e. The molecule has 0 aliphatic heterocycles. The fraction of sp³-hybridized carbons (Fsp3) is 0.318. The number of alkyl halides is 1. The van der Waals surface area contributed by atoms with Crippen molar-refractivity contribution in [2.24, 2.45) is 5.41 Å². The van der Waals surface area contributed by atoms with Gasteiger partial charge >= 0.3 is 6.01 Å². The van der Waals surface area contributed by atoms with Crippen molar-refractivity contribution in [2.75, 3.05) is 17.8 Å². The molecule has 0 saturated carbocycles. The molecular formula is C22H25ClN4O2. The molecule has 0 spiro atoms. The Hall–Kier alpha value is -2.86. The second-order valence-corrected chi connectivity index (χ2v) is 7.66. The van der Waals surface area contributed by atoms with Crippen LogP contribution in [0.3, 0.4) is 0 Å². The van der Waals surface area contributed by atoms with Crippen LogP contribution in [0, 0.1) is 12.3 Å². The van der Waals surface area contributed by atoms with E-state index in [1.54, 1.807) is 4.68 Å². The summed E-state index contributed by atoms with van der Waals surface area (Å²) in [6, 6.07) is 15.8. The Kier molecular flexibility index (Phi) is 6.23. The van der Waals surface area contributed by atoms with Gasteiger partial charge in [-0.2, -0.15) is 4.98 Å². The molecule has 0 aliphatic rings. The third-order valence-electron chi connectivity index (χ3n) is 4.57. The van der Waals surface area contributed by atoms with Crippen LogP contribution in [0.25, 0.3) is 17.1 Å². The van der Waals surface area contributed by atoms with E-state index in [-0.39, 0.29) is 11.8 Å². The minimum Gasteiger partial charge on any atom is -0.463 e. The van der Waals surface area contributed by atoms with Crippen molar-refractivity contribution < 1.29 is 9.53 Å². The first-order valence-electron chi connectivity index (χ1n) is 9.49. The molecule has 0 saturated heterocycles. The first-order valence-corrected chi connectivity index (χ1v) is 10.0. The monoisotopic (exact) mass is 412 g/mol. The van der Waals surface area contributed by atoms with Gasteiger partial charge in [0.15, 0.2) is 5.82 Å². The zero-order chi connectivity index (χ0) is 21.0. The third kappa shape index (κ3) is 4.59. The van der Waals surface area contributed by atoms with E-state index in [0.29, 0.717) is 24.1 Å². The molecule has 1 aromatic heterocycles. The van der Waals surface area contributed by atoms with Gasteiger partial charge in [0.2, 0.25) is 5.91 Å². The number of rotatable bonds is 7. The number of amides is 1. The number of nitrogens with zero attached hydrogens (tertiary/aromatic N) is 3. The van der Waals surface area contributed by atoms with Gasteiger partial charge < -0.3 is 10.1 Å². The Bertz CT molecular complexity index is 996. The Morgan fingerprint density at radius 3 is 2.48 bits per heavy atom. The lowest BCUT2D eigenvalue weighted by molar-refractivity contribution is -0.122. The summed E-state index contributed by atoms with van der Waals surface area (Å²) in [5.74, 6) is 0.822. The first-order chi connectivity index (χ1) is 13.9. The van der Waals surface area contributed by atoms with E-state index in [4.69, 9.17) is 16.3 Å². The predicted octanol–water partition coefficient (Wildman–Crippen LogP) is 4.84. The fourth-order valence-electron chi connectivity index (χ4n) is 2.71. The molecule has 0 fully saturated rings. The van der Waals surface area contributed by atoms with Crippen LogP contribution in [0.2, 0.25) is 0 Å². The highest BCUT2D eigenvalue weighted by Crippen LogP contribution is 2.27. The molecule has 6 nitrogen and oxygen atoms in total. The van der Waals surface area contributed by atoms with Crippen LogP contribution < -0.4 is 10.1 Å². The van der Waals surface area contributed by atoms with E-state index in [2.05, 4.69) is 15.4 Å². The summed E-state index contributed by atoms with van der Waals surface area (Å²) in [6.45, 7) is 8.03. The standard InChI is InChI=1S/C22H25ClN4O2/c1-5-29-21-25-19(18-9-7-6-8-15(18)2)27(26-21)17-12-10-16(11-13-17)24-20(28)22(3,4)14-23/h6-13H,5,14H2,1-4H3,(H,24,28). The zero-order valence-electron chi connectivity index (χ0n) is 17.1. The maximum Gasteiger partial charge on any atom is 0.336 e. The molecule has 1 amide bonds. The van der Waals surface area contributed by atoms with Crippen LogP contribution in [0.1, 0.15) is 26.3 Å². The number of ether oxygens (including phenoxy) is 1. The highest BCUT2D eigenvalue weighted by molar-refractivity contribution is 6.20. The van der Waals surface area contributed by atoms with Gasteiger partial charge in [0.25, 0.3) is 0 Å². The summed E-state index contributed by atoms with van der Waals surface area (Å²) < 4.78 is 7.28. The third-order valence-corrected chi connectivity index (χ3v) is 5.23. The first kappa shape index (κ1) is 20.9. The molecule has 3 rings (SSSR count). The Labute approximate surface area is 175 Å². The highest BCUT2D eigenvalue weighted by atomic mass is 35.5. The molecule has 152 valence electrons. The van der Waals surface area contributed by atoms with Crippen molar-refractivity contribution in [3.8, 4) is 23.1 Å². The van der Waals surface area contributed by atoms with Crippen molar-refractivity contribution in [3.63, 3.8) is 0 Å². The van der Waals surface area contributed by atoms with Crippen LogP contribution in [-0.2, 0) is 4.79 Å². The quantitative estimate of drug-likeness (QED) is 0.563. The summed E-state index contributed by atoms with van der Waals surface area (Å²) in [7, 11) is 0. The second kappa shape index (κ2) is 8.66. The zero-order valence-corrected chi connectivity index (χ0v) is 17.8. The Morgan fingerprint density at radius 2 is 1.86 bits per heavy atom. The number of hydrogen-bond acceptors (Lipinski definition) is 4. The van der Waals surface area contributed by atoms with E-state index in [9.17, 15) is 4.79 Å². The van der Waals surface area contributed by atoms with Crippen LogP contribution in [-0.4, -0.2) is 33.2 Å². The molecule has 0 aliphatic carbocycles. The maximum atomic E-state index is 12.3. The van der Waals surface area contributed by atoms with Gasteiger partial charge in [0.05, 0.1) is 17.7 Å². The number of carbonyl (C=O) groups is 1. The largest absolute Gasteiger partial charge is 0.463 e. The molecule has 2 aromatic carbocycles. The number of benzene rings is 2. The molecule has 3 aromatic rings. The molecule has 0 unspecified atom stereocenters. The number of halogens is 1. The number of carbonyl (C=O) groups excluding carboxylic acids is 1. The average molecular weight is 413 g/mol. The van der Waals surface area contributed by atoms with E-state index >= 15 is 0 Å². The SMILES string of the molecule is CCOc1nc(-c2ccccc2C)n(-c2ccc(NC(=O)C(C)(C)CCl)cc2)n1. The van der Waals surface area contributed by atoms with E-state index < -0.39 is 5.41 Å². The minimum atomic E-state index is -0.642. The summed E-state index contributed by atoms with van der Waals surface area (Å²) in [4.78, 5) is 16.9. The predicted molar refractivity (Wildman–Crippen MR) is 116 cm³/mol. The van der Waals surface area contributed by atoms with Crippen LogP contribution in [0.15, 0.2) is 48.5 Å². The molecule has 0 bridgehead atoms. The minimum absolute atomic E-state index is 0.125. The van der Waals surface area contributed by atoms with E-state index in [1.165, 1.54) is 0 Å². The number of anilines is 1. The summed E-state index contributed by atoms with van der Waals surface area (Å²) in [6.07, 6.45) is 0.